The Labute approximate surface area is 163 Å². The molecule has 0 aliphatic heterocycles. The number of thiophene rings is 1. The van der Waals surface area contributed by atoms with E-state index in [1.54, 1.807) is 24.3 Å². The zero-order valence-corrected chi connectivity index (χ0v) is 16.7. The molecule has 27 heavy (non-hydrogen) atoms. The standard InChI is InChI=1S/C20H20N2O3S2/c1-22(2)27(24,25)18-11-7-6-10-16(18)14-21-20(23)19-17(12-13-26-19)15-8-4-3-5-9-15/h3-13H,14H2,1-2H3,(H,21,23). The molecule has 5 nitrogen and oxygen atoms in total. The first-order valence-electron chi connectivity index (χ1n) is 8.33. The fraction of sp³-hybridized carbons (Fsp3) is 0.150. The predicted molar refractivity (Wildman–Crippen MR) is 108 cm³/mol. The van der Waals surface area contributed by atoms with Gasteiger partial charge in [0.15, 0.2) is 0 Å². The van der Waals surface area contributed by atoms with Crippen molar-refractivity contribution in [2.24, 2.45) is 0 Å². The lowest BCUT2D eigenvalue weighted by atomic mass is 10.1. The van der Waals surface area contributed by atoms with Gasteiger partial charge in [-0.1, -0.05) is 48.5 Å². The zero-order valence-electron chi connectivity index (χ0n) is 15.0. The Balaban J connectivity index is 1.82. The molecule has 1 amide bonds. The van der Waals surface area contributed by atoms with Gasteiger partial charge in [-0.05, 0) is 28.6 Å². The van der Waals surface area contributed by atoms with Crippen LogP contribution in [-0.4, -0.2) is 32.7 Å². The van der Waals surface area contributed by atoms with Crippen LogP contribution in [0.1, 0.15) is 15.2 Å². The quantitative estimate of drug-likeness (QED) is 0.688. The fourth-order valence-electron chi connectivity index (χ4n) is 2.68. The summed E-state index contributed by atoms with van der Waals surface area (Å²) in [6.07, 6.45) is 0. The number of hydrogen-bond donors (Lipinski definition) is 1. The largest absolute Gasteiger partial charge is 0.347 e. The van der Waals surface area contributed by atoms with E-state index in [0.29, 0.717) is 10.4 Å². The molecule has 0 aliphatic carbocycles. The van der Waals surface area contributed by atoms with E-state index in [9.17, 15) is 13.2 Å². The van der Waals surface area contributed by atoms with Crippen LogP contribution in [-0.2, 0) is 16.6 Å². The molecule has 0 saturated heterocycles. The van der Waals surface area contributed by atoms with Crippen molar-refractivity contribution in [3.63, 3.8) is 0 Å². The molecule has 7 heteroatoms. The second-order valence-electron chi connectivity index (χ2n) is 6.11. The molecule has 0 saturated carbocycles. The number of benzene rings is 2. The zero-order chi connectivity index (χ0) is 19.4. The third-order valence-corrected chi connectivity index (χ3v) is 6.96. The molecule has 1 heterocycles. The lowest BCUT2D eigenvalue weighted by Gasteiger charge is -2.15. The topological polar surface area (TPSA) is 66.5 Å². The molecule has 0 bridgehead atoms. The van der Waals surface area contributed by atoms with Crippen LogP contribution in [0.15, 0.2) is 70.9 Å². The summed E-state index contributed by atoms with van der Waals surface area (Å²) in [6, 6.07) is 18.3. The number of rotatable bonds is 6. The molecule has 0 spiro atoms. The lowest BCUT2D eigenvalue weighted by Crippen LogP contribution is -2.26. The molecule has 0 fully saturated rings. The predicted octanol–water partition coefficient (Wildman–Crippen LogP) is 3.60. The van der Waals surface area contributed by atoms with Crippen molar-refractivity contribution in [1.29, 1.82) is 0 Å². The first-order chi connectivity index (χ1) is 12.9. The molecule has 1 aromatic heterocycles. The van der Waals surface area contributed by atoms with Gasteiger partial charge < -0.3 is 5.32 Å². The Morgan fingerprint density at radius 3 is 2.37 bits per heavy atom. The highest BCUT2D eigenvalue weighted by molar-refractivity contribution is 7.89. The third kappa shape index (κ3) is 4.10. The van der Waals surface area contributed by atoms with Gasteiger partial charge >= 0.3 is 0 Å². The lowest BCUT2D eigenvalue weighted by molar-refractivity contribution is 0.0955. The van der Waals surface area contributed by atoms with E-state index in [2.05, 4.69) is 5.32 Å². The number of carbonyl (C=O) groups is 1. The van der Waals surface area contributed by atoms with Crippen LogP contribution >= 0.6 is 11.3 Å². The fourth-order valence-corrected chi connectivity index (χ4v) is 4.63. The third-order valence-electron chi connectivity index (χ3n) is 4.13. The van der Waals surface area contributed by atoms with Gasteiger partial charge in [0, 0.05) is 26.2 Å². The first-order valence-corrected chi connectivity index (χ1v) is 10.6. The average Bonchev–Trinajstić information content (AvgIpc) is 3.17. The van der Waals surface area contributed by atoms with Gasteiger partial charge in [0.25, 0.3) is 5.91 Å². The van der Waals surface area contributed by atoms with E-state index in [0.717, 1.165) is 11.1 Å². The van der Waals surface area contributed by atoms with E-state index >= 15 is 0 Å². The van der Waals surface area contributed by atoms with Crippen molar-refractivity contribution >= 4 is 27.3 Å². The van der Waals surface area contributed by atoms with E-state index in [1.165, 1.54) is 29.7 Å². The highest BCUT2D eigenvalue weighted by Gasteiger charge is 2.21. The van der Waals surface area contributed by atoms with Gasteiger partial charge in [-0.25, -0.2) is 12.7 Å². The van der Waals surface area contributed by atoms with Crippen LogP contribution in [0.2, 0.25) is 0 Å². The van der Waals surface area contributed by atoms with E-state index in [-0.39, 0.29) is 17.3 Å². The van der Waals surface area contributed by atoms with Crippen molar-refractivity contribution in [2.75, 3.05) is 14.1 Å². The highest BCUT2D eigenvalue weighted by Crippen LogP contribution is 2.28. The van der Waals surface area contributed by atoms with E-state index in [4.69, 9.17) is 0 Å². The van der Waals surface area contributed by atoms with Crippen LogP contribution < -0.4 is 5.32 Å². The molecule has 0 atom stereocenters. The maximum absolute atomic E-state index is 12.7. The number of carbonyl (C=O) groups excluding carboxylic acids is 1. The van der Waals surface area contributed by atoms with Crippen LogP contribution in [0, 0.1) is 0 Å². The second-order valence-corrected chi connectivity index (χ2v) is 9.14. The molecule has 0 unspecified atom stereocenters. The summed E-state index contributed by atoms with van der Waals surface area (Å²) >= 11 is 1.36. The Morgan fingerprint density at radius 1 is 1.00 bits per heavy atom. The Kier molecular flexibility index (Phi) is 5.74. The summed E-state index contributed by atoms with van der Waals surface area (Å²) in [5, 5.41) is 4.73. The SMILES string of the molecule is CN(C)S(=O)(=O)c1ccccc1CNC(=O)c1sccc1-c1ccccc1. The Hall–Kier alpha value is -2.48. The molecule has 140 valence electrons. The Morgan fingerprint density at radius 2 is 1.67 bits per heavy atom. The monoisotopic (exact) mass is 400 g/mol. The number of sulfonamides is 1. The summed E-state index contributed by atoms with van der Waals surface area (Å²) in [5.74, 6) is -0.221. The molecular formula is C20H20N2O3S2. The molecule has 2 aromatic carbocycles. The van der Waals surface area contributed by atoms with Crippen LogP contribution in [0.3, 0.4) is 0 Å². The van der Waals surface area contributed by atoms with Crippen LogP contribution in [0.5, 0.6) is 0 Å². The minimum Gasteiger partial charge on any atom is -0.347 e. The maximum atomic E-state index is 12.7. The van der Waals surface area contributed by atoms with Gasteiger partial charge in [-0.3, -0.25) is 4.79 Å². The van der Waals surface area contributed by atoms with Crippen LogP contribution in [0.4, 0.5) is 0 Å². The van der Waals surface area contributed by atoms with E-state index in [1.807, 2.05) is 41.8 Å². The smallest absolute Gasteiger partial charge is 0.262 e. The second kappa shape index (κ2) is 8.04. The van der Waals surface area contributed by atoms with Crippen molar-refractivity contribution in [3.8, 4) is 11.1 Å². The molecule has 0 radical (unpaired) electrons. The first kappa shape index (κ1) is 19.3. The molecule has 1 N–H and O–H groups in total. The summed E-state index contributed by atoms with van der Waals surface area (Å²) in [4.78, 5) is 13.5. The van der Waals surface area contributed by atoms with Gasteiger partial charge in [0.05, 0.1) is 9.77 Å². The van der Waals surface area contributed by atoms with Gasteiger partial charge in [-0.2, -0.15) is 0 Å². The van der Waals surface area contributed by atoms with Crippen LogP contribution in [0.25, 0.3) is 11.1 Å². The summed E-state index contributed by atoms with van der Waals surface area (Å²) in [6.45, 7) is 0.133. The molecule has 0 aliphatic rings. The van der Waals surface area contributed by atoms with E-state index < -0.39 is 10.0 Å². The minimum absolute atomic E-state index is 0.133. The number of nitrogens with zero attached hydrogens (tertiary/aromatic N) is 1. The Bertz CT molecular complexity index is 1040. The number of amides is 1. The normalized spacial score (nSPS) is 11.5. The van der Waals surface area contributed by atoms with Gasteiger partial charge in [0.1, 0.15) is 0 Å². The molecular weight excluding hydrogens is 380 g/mol. The van der Waals surface area contributed by atoms with Gasteiger partial charge in [-0.15, -0.1) is 11.3 Å². The average molecular weight is 401 g/mol. The van der Waals surface area contributed by atoms with Gasteiger partial charge in [0.2, 0.25) is 10.0 Å². The van der Waals surface area contributed by atoms with Crippen molar-refractivity contribution in [2.45, 2.75) is 11.4 Å². The molecule has 3 aromatic rings. The maximum Gasteiger partial charge on any atom is 0.262 e. The number of nitrogens with one attached hydrogen (secondary N) is 1. The van der Waals surface area contributed by atoms with Crippen molar-refractivity contribution in [3.05, 3.63) is 76.5 Å². The highest BCUT2D eigenvalue weighted by atomic mass is 32.2. The number of hydrogen-bond acceptors (Lipinski definition) is 4. The summed E-state index contributed by atoms with van der Waals surface area (Å²) < 4.78 is 26.1. The summed E-state index contributed by atoms with van der Waals surface area (Å²) in [7, 11) is -0.599. The summed E-state index contributed by atoms with van der Waals surface area (Å²) in [5.41, 5.74) is 2.39. The molecule has 3 rings (SSSR count). The van der Waals surface area contributed by atoms with Crippen molar-refractivity contribution in [1.82, 2.24) is 9.62 Å². The van der Waals surface area contributed by atoms with Crippen molar-refractivity contribution < 1.29 is 13.2 Å². The minimum atomic E-state index is -3.58.